The molecule has 36 heavy (non-hydrogen) atoms. The van der Waals surface area contributed by atoms with Gasteiger partial charge >= 0.3 is 12.4 Å². The number of hydrogen-bond donors (Lipinski definition) is 1. The minimum atomic E-state index is -5.03. The Morgan fingerprint density at radius 1 is 1.00 bits per heavy atom. The molecular weight excluding hydrogens is 510 g/mol. The standard InChI is InChI=1S/C25H21ClF6N2O2/c1-15-13-33-22(26)21(20(15)17-6-3-2-4-7-17)23(36)34(8-5-9-35)14-16-10-18(24(27,28)29)12-19(11-16)25(30,31)32/h2-4,6-7,10-13,35H,5,8-9,14H2,1H3. The average molecular weight is 531 g/mol. The summed E-state index contributed by atoms with van der Waals surface area (Å²) in [6.45, 7) is 0.615. The van der Waals surface area contributed by atoms with E-state index >= 15 is 0 Å². The molecule has 0 spiro atoms. The summed E-state index contributed by atoms with van der Waals surface area (Å²) in [6.07, 6.45) is -8.56. The number of pyridine rings is 1. The number of halogens is 7. The Morgan fingerprint density at radius 2 is 1.58 bits per heavy atom. The van der Waals surface area contributed by atoms with Gasteiger partial charge in [-0.1, -0.05) is 41.9 Å². The first-order chi connectivity index (χ1) is 16.8. The zero-order chi connectivity index (χ0) is 26.7. The van der Waals surface area contributed by atoms with Gasteiger partial charge in [0.15, 0.2) is 0 Å². The SMILES string of the molecule is Cc1cnc(Cl)c(C(=O)N(CCCO)Cc2cc(C(F)(F)F)cc(C(F)(F)F)c2)c1-c1ccccc1. The summed E-state index contributed by atoms with van der Waals surface area (Å²) in [4.78, 5) is 18.7. The first-order valence-electron chi connectivity index (χ1n) is 10.7. The van der Waals surface area contributed by atoms with Crippen LogP contribution in [0.3, 0.4) is 0 Å². The second kappa shape index (κ2) is 10.9. The van der Waals surface area contributed by atoms with E-state index in [0.29, 0.717) is 28.8 Å². The number of benzene rings is 2. The second-order valence-corrected chi connectivity index (χ2v) is 8.42. The number of hydrogen-bond acceptors (Lipinski definition) is 3. The quantitative estimate of drug-likeness (QED) is 0.271. The van der Waals surface area contributed by atoms with E-state index < -0.39 is 35.9 Å². The third-order valence-electron chi connectivity index (χ3n) is 5.39. The number of rotatable bonds is 7. The van der Waals surface area contributed by atoms with Crippen molar-refractivity contribution in [2.75, 3.05) is 13.2 Å². The lowest BCUT2D eigenvalue weighted by molar-refractivity contribution is -0.143. The van der Waals surface area contributed by atoms with Crippen molar-refractivity contribution >= 4 is 17.5 Å². The molecule has 192 valence electrons. The number of nitrogens with zero attached hydrogens (tertiary/aromatic N) is 2. The van der Waals surface area contributed by atoms with E-state index in [4.69, 9.17) is 11.6 Å². The van der Waals surface area contributed by atoms with Gasteiger partial charge in [-0.2, -0.15) is 26.3 Å². The number of carbonyl (C=O) groups is 1. The van der Waals surface area contributed by atoms with Crippen molar-refractivity contribution in [2.24, 2.45) is 0 Å². The van der Waals surface area contributed by atoms with E-state index in [2.05, 4.69) is 4.98 Å². The highest BCUT2D eigenvalue weighted by Crippen LogP contribution is 2.37. The Morgan fingerprint density at radius 3 is 2.11 bits per heavy atom. The van der Waals surface area contributed by atoms with Crippen molar-refractivity contribution < 1.29 is 36.2 Å². The molecule has 3 aromatic rings. The zero-order valence-electron chi connectivity index (χ0n) is 18.9. The molecule has 0 bridgehead atoms. The number of aliphatic hydroxyl groups excluding tert-OH is 1. The van der Waals surface area contributed by atoms with Crippen molar-refractivity contribution in [3.8, 4) is 11.1 Å². The third kappa shape index (κ3) is 6.36. The van der Waals surface area contributed by atoms with Crippen LogP contribution in [0.15, 0.2) is 54.7 Å². The fourth-order valence-electron chi connectivity index (χ4n) is 3.76. The van der Waals surface area contributed by atoms with Crippen molar-refractivity contribution in [2.45, 2.75) is 32.2 Å². The molecule has 0 unspecified atom stereocenters. The van der Waals surface area contributed by atoms with Gasteiger partial charge in [0.25, 0.3) is 5.91 Å². The van der Waals surface area contributed by atoms with Gasteiger partial charge in [0.2, 0.25) is 0 Å². The van der Waals surface area contributed by atoms with Crippen LogP contribution in [0, 0.1) is 6.92 Å². The largest absolute Gasteiger partial charge is 0.416 e. The Hall–Kier alpha value is -3.11. The molecule has 0 aliphatic carbocycles. The van der Waals surface area contributed by atoms with E-state index in [-0.39, 0.29) is 41.9 Å². The third-order valence-corrected chi connectivity index (χ3v) is 5.68. The maximum absolute atomic E-state index is 13.7. The summed E-state index contributed by atoms with van der Waals surface area (Å²) in [6, 6.07) is 9.88. The molecule has 3 rings (SSSR count). The topological polar surface area (TPSA) is 53.4 Å². The predicted molar refractivity (Wildman–Crippen MR) is 122 cm³/mol. The molecule has 0 atom stereocenters. The average Bonchev–Trinajstić information content (AvgIpc) is 2.81. The molecule has 2 aromatic carbocycles. The van der Waals surface area contributed by atoms with Crippen LogP contribution in [-0.4, -0.2) is 34.0 Å². The second-order valence-electron chi connectivity index (χ2n) is 8.07. The highest BCUT2D eigenvalue weighted by atomic mass is 35.5. The highest BCUT2D eigenvalue weighted by Gasteiger charge is 2.37. The van der Waals surface area contributed by atoms with E-state index in [9.17, 15) is 36.2 Å². The normalized spacial score (nSPS) is 12.0. The summed E-state index contributed by atoms with van der Waals surface area (Å²) >= 11 is 6.29. The van der Waals surface area contributed by atoms with Gasteiger partial charge in [0.05, 0.1) is 16.7 Å². The van der Waals surface area contributed by atoms with Gasteiger partial charge in [-0.3, -0.25) is 4.79 Å². The van der Waals surface area contributed by atoms with E-state index in [1.54, 1.807) is 37.3 Å². The molecule has 0 radical (unpaired) electrons. The van der Waals surface area contributed by atoms with Gasteiger partial charge < -0.3 is 10.0 Å². The molecule has 1 aromatic heterocycles. The van der Waals surface area contributed by atoms with Gasteiger partial charge in [0, 0.05) is 31.5 Å². The summed E-state index contributed by atoms with van der Waals surface area (Å²) in [5, 5.41) is 9.12. The maximum Gasteiger partial charge on any atom is 0.416 e. The van der Waals surface area contributed by atoms with Crippen molar-refractivity contribution in [3.63, 3.8) is 0 Å². The maximum atomic E-state index is 13.7. The lowest BCUT2D eigenvalue weighted by Crippen LogP contribution is -2.33. The van der Waals surface area contributed by atoms with Crippen LogP contribution in [0.5, 0.6) is 0 Å². The lowest BCUT2D eigenvalue weighted by atomic mass is 9.96. The first kappa shape index (κ1) is 27.5. The van der Waals surface area contributed by atoms with Crippen molar-refractivity contribution in [1.29, 1.82) is 0 Å². The fraction of sp³-hybridized carbons (Fsp3) is 0.280. The molecular formula is C25H21ClF6N2O2. The Bertz CT molecular complexity index is 1200. The van der Waals surface area contributed by atoms with Crippen molar-refractivity contribution in [3.05, 3.63) is 87.7 Å². The molecule has 0 fully saturated rings. The molecule has 0 saturated carbocycles. The number of amides is 1. The minimum absolute atomic E-state index is 0.0260. The van der Waals surface area contributed by atoms with Gasteiger partial charge in [-0.05, 0) is 48.2 Å². The van der Waals surface area contributed by atoms with Gasteiger partial charge in [0.1, 0.15) is 5.15 Å². The van der Waals surface area contributed by atoms with Crippen LogP contribution >= 0.6 is 11.6 Å². The Balaban J connectivity index is 2.11. The summed E-state index contributed by atoms with van der Waals surface area (Å²) in [5.74, 6) is -0.741. The van der Waals surface area contributed by atoms with Crippen LogP contribution in [0.1, 0.15) is 39.0 Å². The monoisotopic (exact) mass is 530 g/mol. The molecule has 0 aliphatic rings. The van der Waals surface area contributed by atoms with Crippen LogP contribution in [0.4, 0.5) is 26.3 Å². The molecule has 1 heterocycles. The van der Waals surface area contributed by atoms with Gasteiger partial charge in [-0.15, -0.1) is 0 Å². The van der Waals surface area contributed by atoms with Crippen LogP contribution in [0.2, 0.25) is 5.15 Å². The molecule has 11 heteroatoms. The van der Waals surface area contributed by atoms with Crippen LogP contribution in [-0.2, 0) is 18.9 Å². The molecule has 1 amide bonds. The predicted octanol–water partition coefficient (Wildman–Crippen LogP) is 6.77. The van der Waals surface area contributed by atoms with E-state index in [1.807, 2.05) is 0 Å². The smallest absolute Gasteiger partial charge is 0.396 e. The van der Waals surface area contributed by atoms with Crippen molar-refractivity contribution in [1.82, 2.24) is 9.88 Å². The Kier molecular flexibility index (Phi) is 8.30. The first-order valence-corrected chi connectivity index (χ1v) is 11.1. The summed E-state index contributed by atoms with van der Waals surface area (Å²) < 4.78 is 80.0. The van der Waals surface area contributed by atoms with E-state index in [1.165, 1.54) is 6.20 Å². The molecule has 0 aliphatic heterocycles. The van der Waals surface area contributed by atoms with Crippen LogP contribution in [0.25, 0.3) is 11.1 Å². The molecule has 4 nitrogen and oxygen atoms in total. The minimum Gasteiger partial charge on any atom is -0.396 e. The van der Waals surface area contributed by atoms with E-state index in [0.717, 1.165) is 4.90 Å². The summed E-state index contributed by atoms with van der Waals surface area (Å²) in [7, 11) is 0. The number of aromatic nitrogens is 1. The Labute approximate surface area is 208 Å². The highest BCUT2D eigenvalue weighted by molar-refractivity contribution is 6.33. The lowest BCUT2D eigenvalue weighted by Gasteiger charge is -2.26. The van der Waals surface area contributed by atoms with Crippen LogP contribution < -0.4 is 0 Å². The zero-order valence-corrected chi connectivity index (χ0v) is 19.7. The van der Waals surface area contributed by atoms with Gasteiger partial charge in [-0.25, -0.2) is 4.98 Å². The number of aliphatic hydroxyl groups is 1. The molecule has 1 N–H and O–H groups in total. The number of alkyl halides is 6. The fourth-order valence-corrected chi connectivity index (χ4v) is 3.98. The number of aryl methyl sites for hydroxylation is 1. The summed E-state index contributed by atoms with van der Waals surface area (Å²) in [5.41, 5.74) is -1.72. The molecule has 0 saturated heterocycles. The number of carbonyl (C=O) groups excluding carboxylic acids is 1.